The Hall–Kier alpha value is -2.21. The second-order valence-electron chi connectivity index (χ2n) is 6.97. The third-order valence-electron chi connectivity index (χ3n) is 4.46. The van der Waals surface area contributed by atoms with Crippen LogP contribution in [0, 0.1) is 11.8 Å². The predicted molar refractivity (Wildman–Crippen MR) is 98.3 cm³/mol. The van der Waals surface area contributed by atoms with Gasteiger partial charge in [-0.15, -0.1) is 0 Å². The number of hydrogen-bond donors (Lipinski definition) is 2. The third-order valence-corrected chi connectivity index (χ3v) is 4.46. The van der Waals surface area contributed by atoms with Crippen LogP contribution in [0.1, 0.15) is 48.5 Å². The summed E-state index contributed by atoms with van der Waals surface area (Å²) < 4.78 is 24.4. The van der Waals surface area contributed by atoms with E-state index in [2.05, 4.69) is 5.32 Å². The van der Waals surface area contributed by atoms with Crippen LogP contribution in [0.3, 0.4) is 0 Å². The van der Waals surface area contributed by atoms with Gasteiger partial charge in [-0.25, -0.2) is 0 Å². The van der Waals surface area contributed by atoms with Crippen LogP contribution in [-0.4, -0.2) is 47.3 Å². The molecule has 2 rings (SSSR count). The molecular formula is C20H28N2O4. The molecule has 1 aromatic carbocycles. The molecule has 1 heterocycles. The molecule has 2 amide bonds. The summed E-state index contributed by atoms with van der Waals surface area (Å²) in [6.07, 6.45) is -4.40. The maximum Gasteiger partial charge on any atom is 0.249 e. The van der Waals surface area contributed by atoms with Crippen LogP contribution in [0.25, 0.3) is 0 Å². The number of benzene rings is 1. The summed E-state index contributed by atoms with van der Waals surface area (Å²) in [7, 11) is 1.47. The second kappa shape index (κ2) is 8.45. The number of Topliss-reactive ketones (excluding diaryl/α,β-unsaturated/α-hetero) is 1. The molecule has 1 aliphatic rings. The Kier molecular flexibility index (Phi) is 5.20. The van der Waals surface area contributed by atoms with E-state index in [9.17, 15) is 19.5 Å². The van der Waals surface area contributed by atoms with E-state index in [1.807, 2.05) is 0 Å². The Morgan fingerprint density at radius 3 is 2.69 bits per heavy atom. The fourth-order valence-electron chi connectivity index (χ4n) is 2.77. The lowest BCUT2D eigenvalue weighted by Gasteiger charge is -2.24. The maximum atomic E-state index is 12.8. The van der Waals surface area contributed by atoms with E-state index in [0.29, 0.717) is 11.1 Å². The Morgan fingerprint density at radius 1 is 1.38 bits per heavy atom. The standard InChI is InChI=1S/C20H28N2O4/c1-12(2)18(24)16(23)11-13(3)19(25)21-17-15-8-6-5-7-14(15)9-10-22(4)20(17)26/h5-8,12-13,17-18,24H,9-11H2,1-4H3,(H,21,25)/t13-,17+,18+/m1/s1/i9D2,18D. The zero-order valence-electron chi connectivity index (χ0n) is 18.6. The fraction of sp³-hybridized carbons (Fsp3) is 0.550. The van der Waals surface area contributed by atoms with Crippen molar-refractivity contribution in [1.82, 2.24) is 10.2 Å². The molecule has 6 heteroatoms. The van der Waals surface area contributed by atoms with Crippen LogP contribution in [-0.2, 0) is 20.8 Å². The zero-order valence-corrected chi connectivity index (χ0v) is 15.6. The van der Waals surface area contributed by atoms with Crippen molar-refractivity contribution in [3.63, 3.8) is 0 Å². The highest BCUT2D eigenvalue weighted by molar-refractivity contribution is 5.92. The van der Waals surface area contributed by atoms with Crippen LogP contribution in [0.2, 0.25) is 0 Å². The smallest absolute Gasteiger partial charge is 0.249 e. The number of likely N-dealkylation sites (N-methyl/N-ethyl adjacent to an activating group) is 1. The molecular weight excluding hydrogens is 332 g/mol. The second-order valence-corrected chi connectivity index (χ2v) is 6.97. The van der Waals surface area contributed by atoms with Crippen LogP contribution < -0.4 is 5.32 Å². The normalized spacial score (nSPS) is 24.4. The number of ketones is 1. The third kappa shape index (κ3) is 4.49. The van der Waals surface area contributed by atoms with Gasteiger partial charge < -0.3 is 15.3 Å². The van der Waals surface area contributed by atoms with Gasteiger partial charge in [-0.05, 0) is 23.4 Å². The number of amides is 2. The molecule has 0 aliphatic carbocycles. The van der Waals surface area contributed by atoms with Crippen molar-refractivity contribution in [2.45, 2.75) is 45.7 Å². The Bertz CT molecular complexity index is 811. The van der Waals surface area contributed by atoms with Gasteiger partial charge in [-0.3, -0.25) is 14.4 Å². The SMILES string of the molecule is [2H]C1([2H])CN(C)C(=O)[C@@H](NC(=O)[C@H](C)CC(=O)[C@@]([2H])(O)C(C)C)c2ccccc21. The van der Waals surface area contributed by atoms with Gasteiger partial charge in [-0.1, -0.05) is 45.0 Å². The van der Waals surface area contributed by atoms with Crippen molar-refractivity contribution in [1.29, 1.82) is 0 Å². The first kappa shape index (κ1) is 16.0. The van der Waals surface area contributed by atoms with Gasteiger partial charge in [-0.2, -0.15) is 0 Å². The first-order valence-electron chi connectivity index (χ1n) is 10.2. The van der Waals surface area contributed by atoms with Crippen molar-refractivity contribution in [2.75, 3.05) is 13.6 Å². The monoisotopic (exact) mass is 363 g/mol. The molecule has 0 fully saturated rings. The van der Waals surface area contributed by atoms with Crippen LogP contribution in [0.15, 0.2) is 24.3 Å². The van der Waals surface area contributed by atoms with Gasteiger partial charge >= 0.3 is 0 Å². The van der Waals surface area contributed by atoms with E-state index in [4.69, 9.17) is 4.11 Å². The Balaban J connectivity index is 2.26. The van der Waals surface area contributed by atoms with Crippen molar-refractivity contribution < 1.29 is 23.6 Å². The molecule has 0 radical (unpaired) electrons. The first-order valence-corrected chi connectivity index (χ1v) is 8.69. The molecule has 142 valence electrons. The minimum absolute atomic E-state index is 0.149. The van der Waals surface area contributed by atoms with E-state index in [-0.39, 0.29) is 13.0 Å². The molecule has 1 aliphatic heterocycles. The fourth-order valence-corrected chi connectivity index (χ4v) is 2.77. The summed E-state index contributed by atoms with van der Waals surface area (Å²) in [5.74, 6) is -3.30. The highest BCUT2D eigenvalue weighted by Crippen LogP contribution is 2.25. The van der Waals surface area contributed by atoms with Gasteiger partial charge in [0.05, 0.1) is 1.37 Å². The Morgan fingerprint density at radius 2 is 2.04 bits per heavy atom. The van der Waals surface area contributed by atoms with Gasteiger partial charge in [0.25, 0.3) is 0 Å². The minimum Gasteiger partial charge on any atom is -0.385 e. The summed E-state index contributed by atoms with van der Waals surface area (Å²) in [4.78, 5) is 39.0. The van der Waals surface area contributed by atoms with Crippen LogP contribution in [0.4, 0.5) is 0 Å². The molecule has 0 bridgehead atoms. The lowest BCUT2D eigenvalue weighted by atomic mass is 9.94. The van der Waals surface area contributed by atoms with E-state index < -0.39 is 47.9 Å². The molecule has 0 aromatic heterocycles. The lowest BCUT2D eigenvalue weighted by molar-refractivity contribution is -0.137. The average molecular weight is 363 g/mol. The first-order chi connectivity index (χ1) is 13.3. The van der Waals surface area contributed by atoms with Crippen molar-refractivity contribution in [3.05, 3.63) is 35.4 Å². The summed E-state index contributed by atoms with van der Waals surface area (Å²) in [5, 5.41) is 12.6. The quantitative estimate of drug-likeness (QED) is 0.801. The lowest BCUT2D eigenvalue weighted by Crippen LogP contribution is -2.43. The van der Waals surface area contributed by atoms with Crippen molar-refractivity contribution >= 4 is 17.6 Å². The number of carbonyl (C=O) groups is 3. The molecule has 0 spiro atoms. The zero-order chi connectivity index (χ0) is 22.1. The summed E-state index contributed by atoms with van der Waals surface area (Å²) in [6.45, 7) is 4.42. The topological polar surface area (TPSA) is 86.7 Å². The number of carbonyl (C=O) groups excluding carboxylic acids is 3. The molecule has 26 heavy (non-hydrogen) atoms. The largest absolute Gasteiger partial charge is 0.385 e. The summed E-state index contributed by atoms with van der Waals surface area (Å²) in [5.41, 5.74) is 0.699. The molecule has 0 saturated carbocycles. The Labute approximate surface area is 158 Å². The molecule has 0 unspecified atom stereocenters. The van der Waals surface area contributed by atoms with Gasteiger partial charge in [0.15, 0.2) is 5.78 Å². The molecule has 2 N–H and O–H groups in total. The summed E-state index contributed by atoms with van der Waals surface area (Å²) in [6, 6.07) is 5.46. The highest BCUT2D eigenvalue weighted by Gasteiger charge is 2.32. The van der Waals surface area contributed by atoms with E-state index >= 15 is 0 Å². The van der Waals surface area contributed by atoms with Crippen LogP contribution >= 0.6 is 0 Å². The summed E-state index contributed by atoms with van der Waals surface area (Å²) >= 11 is 0. The van der Waals surface area contributed by atoms with E-state index in [0.717, 1.165) is 0 Å². The maximum absolute atomic E-state index is 12.8. The van der Waals surface area contributed by atoms with Gasteiger partial charge in [0.1, 0.15) is 12.1 Å². The van der Waals surface area contributed by atoms with Gasteiger partial charge in [0.2, 0.25) is 11.8 Å². The number of hydrogen-bond acceptors (Lipinski definition) is 4. The van der Waals surface area contributed by atoms with Crippen LogP contribution in [0.5, 0.6) is 0 Å². The highest BCUT2D eigenvalue weighted by atomic mass is 16.3. The predicted octanol–water partition coefficient (Wildman–Crippen LogP) is 1.47. The van der Waals surface area contributed by atoms with Gasteiger partial charge in [0, 0.05) is 28.7 Å². The minimum atomic E-state index is -2.28. The number of aliphatic hydroxyl groups is 1. The van der Waals surface area contributed by atoms with Crippen molar-refractivity contribution in [3.8, 4) is 0 Å². The molecule has 1 aromatic rings. The van der Waals surface area contributed by atoms with E-state index in [1.165, 1.54) is 18.9 Å². The molecule has 6 nitrogen and oxygen atoms in total. The van der Waals surface area contributed by atoms with E-state index in [1.54, 1.807) is 38.1 Å². The molecule has 3 atom stereocenters. The number of fused-ring (bicyclic) bond motifs is 1. The molecule has 0 saturated heterocycles. The average Bonchev–Trinajstić information content (AvgIpc) is 2.70. The number of nitrogens with zero attached hydrogens (tertiary/aromatic N) is 1. The number of rotatable bonds is 6. The van der Waals surface area contributed by atoms with Crippen molar-refractivity contribution in [2.24, 2.45) is 11.8 Å². The number of nitrogens with one attached hydrogen (secondary N) is 1.